The lowest BCUT2D eigenvalue weighted by Crippen LogP contribution is -2.51. The zero-order valence-electron chi connectivity index (χ0n) is 12.1. The van der Waals surface area contributed by atoms with E-state index in [2.05, 4.69) is 14.2 Å². The molecule has 1 N–H and O–H groups in total. The lowest BCUT2D eigenvalue weighted by atomic mass is 10.0. The molecule has 0 aliphatic rings. The van der Waals surface area contributed by atoms with E-state index in [9.17, 15) is 33.1 Å². The summed E-state index contributed by atoms with van der Waals surface area (Å²) in [6.45, 7) is 1.99. The van der Waals surface area contributed by atoms with Gasteiger partial charge in [0.15, 0.2) is 12.2 Å². The molecule has 10 heteroatoms. The van der Waals surface area contributed by atoms with Crippen molar-refractivity contribution < 1.29 is 47.3 Å². The van der Waals surface area contributed by atoms with Crippen LogP contribution in [0.2, 0.25) is 0 Å². The van der Waals surface area contributed by atoms with Gasteiger partial charge in [-0.2, -0.15) is 4.39 Å². The molecule has 0 spiro atoms. The highest BCUT2D eigenvalue weighted by Crippen LogP contribution is 2.18. The van der Waals surface area contributed by atoms with E-state index < -0.39 is 55.0 Å². The van der Waals surface area contributed by atoms with Crippen LogP contribution in [0.3, 0.4) is 0 Å². The first-order chi connectivity index (χ1) is 10.1. The molecule has 0 bridgehead atoms. The number of ether oxygens (including phenoxy) is 3. The van der Waals surface area contributed by atoms with Crippen LogP contribution < -0.4 is 0 Å². The average molecular weight is 326 g/mol. The van der Waals surface area contributed by atoms with Gasteiger partial charge in [-0.25, -0.2) is 4.39 Å². The number of halogens is 2. The first-order valence-corrected chi connectivity index (χ1v) is 6.05. The number of aliphatic hydroxyl groups excluding tert-OH is 1. The summed E-state index contributed by atoms with van der Waals surface area (Å²) in [7, 11) is 0. The molecule has 0 aliphatic carbocycles. The molecule has 0 saturated carbocycles. The Morgan fingerprint density at radius 2 is 1.41 bits per heavy atom. The quantitative estimate of drug-likeness (QED) is 0.364. The van der Waals surface area contributed by atoms with E-state index in [1.807, 2.05) is 0 Å². The van der Waals surface area contributed by atoms with Crippen molar-refractivity contribution in [3.05, 3.63) is 0 Å². The number of rotatable bonds is 8. The number of esters is 3. The van der Waals surface area contributed by atoms with Crippen LogP contribution in [0.15, 0.2) is 0 Å². The Labute approximate surface area is 124 Å². The van der Waals surface area contributed by atoms with Gasteiger partial charge in [0.1, 0.15) is 12.7 Å². The van der Waals surface area contributed by atoms with Crippen molar-refractivity contribution in [2.75, 3.05) is 6.61 Å². The predicted octanol–water partition coefficient (Wildman–Crippen LogP) is -0.392. The molecule has 22 heavy (non-hydrogen) atoms. The zero-order chi connectivity index (χ0) is 17.4. The molecular weight excluding hydrogens is 310 g/mol. The number of alkyl halides is 1. The van der Waals surface area contributed by atoms with Gasteiger partial charge in [-0.1, -0.05) is 0 Å². The molecule has 0 aromatic heterocycles. The Morgan fingerprint density at radius 3 is 1.77 bits per heavy atom. The van der Waals surface area contributed by atoms with Gasteiger partial charge < -0.3 is 19.3 Å². The number of aliphatic hydroxyl groups is 1. The highest BCUT2D eigenvalue weighted by Gasteiger charge is 2.43. The third-order valence-corrected chi connectivity index (χ3v) is 2.27. The average Bonchev–Trinajstić information content (AvgIpc) is 2.38. The SMILES string of the molecule is CC(=O)OC[C@@H](O)[C@@H](OC(C)=O)[C@H](OC(C)=O)[C@@H](F)C(=O)F. The van der Waals surface area contributed by atoms with E-state index in [1.165, 1.54) is 0 Å². The van der Waals surface area contributed by atoms with Crippen LogP contribution >= 0.6 is 0 Å². The molecule has 0 aliphatic heterocycles. The third-order valence-electron chi connectivity index (χ3n) is 2.27. The lowest BCUT2D eigenvalue weighted by Gasteiger charge is -2.29. The van der Waals surface area contributed by atoms with Crippen LogP contribution in [0.4, 0.5) is 8.78 Å². The number of carbonyl (C=O) groups excluding carboxylic acids is 4. The second kappa shape index (κ2) is 9.03. The van der Waals surface area contributed by atoms with Crippen molar-refractivity contribution in [3.8, 4) is 0 Å². The smallest absolute Gasteiger partial charge is 0.339 e. The second-order valence-electron chi connectivity index (χ2n) is 4.22. The van der Waals surface area contributed by atoms with Crippen molar-refractivity contribution in [3.63, 3.8) is 0 Å². The summed E-state index contributed by atoms with van der Waals surface area (Å²) in [6.07, 6.45) is -9.02. The minimum Gasteiger partial charge on any atom is -0.463 e. The van der Waals surface area contributed by atoms with Crippen LogP contribution in [0.25, 0.3) is 0 Å². The van der Waals surface area contributed by atoms with E-state index in [-0.39, 0.29) is 0 Å². The summed E-state index contributed by atoms with van der Waals surface area (Å²) in [5.74, 6) is -2.93. The Morgan fingerprint density at radius 1 is 0.955 bits per heavy atom. The summed E-state index contributed by atoms with van der Waals surface area (Å²) in [5, 5.41) is 9.77. The third kappa shape index (κ3) is 7.07. The fraction of sp³-hybridized carbons (Fsp3) is 0.667. The molecule has 0 heterocycles. The van der Waals surface area contributed by atoms with E-state index in [1.54, 1.807) is 0 Å². The topological polar surface area (TPSA) is 116 Å². The minimum atomic E-state index is -2.99. The second-order valence-corrected chi connectivity index (χ2v) is 4.22. The molecule has 126 valence electrons. The molecule has 0 rings (SSSR count). The maximum absolute atomic E-state index is 13.6. The monoisotopic (exact) mass is 326 g/mol. The molecule has 0 amide bonds. The first-order valence-electron chi connectivity index (χ1n) is 6.05. The summed E-state index contributed by atoms with van der Waals surface area (Å²) < 4.78 is 39.6. The number of hydrogen-bond donors (Lipinski definition) is 1. The minimum absolute atomic E-state index is 0.752. The van der Waals surface area contributed by atoms with Crippen molar-refractivity contribution in [1.82, 2.24) is 0 Å². The molecule has 4 atom stereocenters. The standard InChI is InChI=1S/C12H16F2O8/c1-5(15)20-4-8(18)10(21-6(2)16)11(22-7(3)17)9(13)12(14)19/h8-11,18H,4H2,1-3H3/t8-,9-,10-,11-/m1/s1. The first kappa shape index (κ1) is 19.9. The number of carbonyl (C=O) groups is 4. The van der Waals surface area contributed by atoms with Gasteiger partial charge in [-0.15, -0.1) is 0 Å². The molecule has 0 saturated heterocycles. The Bertz CT molecular complexity index is 439. The highest BCUT2D eigenvalue weighted by atomic mass is 19.2. The van der Waals surface area contributed by atoms with E-state index >= 15 is 0 Å². The van der Waals surface area contributed by atoms with Gasteiger partial charge in [0.05, 0.1) is 0 Å². The van der Waals surface area contributed by atoms with E-state index in [4.69, 9.17) is 0 Å². The Hall–Kier alpha value is -2.10. The van der Waals surface area contributed by atoms with Crippen molar-refractivity contribution >= 4 is 23.9 Å². The molecule has 8 nitrogen and oxygen atoms in total. The largest absolute Gasteiger partial charge is 0.463 e. The number of hydrogen-bond acceptors (Lipinski definition) is 8. The van der Waals surface area contributed by atoms with Gasteiger partial charge in [-0.3, -0.25) is 19.2 Å². The van der Waals surface area contributed by atoms with Gasteiger partial charge >= 0.3 is 23.9 Å². The van der Waals surface area contributed by atoms with Crippen LogP contribution in [-0.2, 0) is 33.4 Å². The Balaban J connectivity index is 5.34. The van der Waals surface area contributed by atoms with Crippen LogP contribution in [-0.4, -0.2) is 60.1 Å². The fourth-order valence-electron chi connectivity index (χ4n) is 1.47. The lowest BCUT2D eigenvalue weighted by molar-refractivity contribution is -0.188. The molecule has 0 aromatic carbocycles. The van der Waals surface area contributed by atoms with Crippen LogP contribution in [0.1, 0.15) is 20.8 Å². The van der Waals surface area contributed by atoms with Gasteiger partial charge in [0, 0.05) is 20.8 Å². The maximum atomic E-state index is 13.6. The van der Waals surface area contributed by atoms with Crippen molar-refractivity contribution in [1.29, 1.82) is 0 Å². The summed E-state index contributed by atoms with van der Waals surface area (Å²) in [4.78, 5) is 43.1. The predicted molar refractivity (Wildman–Crippen MR) is 64.8 cm³/mol. The van der Waals surface area contributed by atoms with Crippen molar-refractivity contribution in [2.45, 2.75) is 45.3 Å². The van der Waals surface area contributed by atoms with Gasteiger partial charge in [0.25, 0.3) is 0 Å². The Kier molecular flexibility index (Phi) is 8.17. The van der Waals surface area contributed by atoms with E-state index in [0.29, 0.717) is 0 Å². The maximum Gasteiger partial charge on any atom is 0.339 e. The van der Waals surface area contributed by atoms with E-state index in [0.717, 1.165) is 20.8 Å². The van der Waals surface area contributed by atoms with Crippen LogP contribution in [0, 0.1) is 0 Å². The molecule has 0 unspecified atom stereocenters. The van der Waals surface area contributed by atoms with Gasteiger partial charge in [0.2, 0.25) is 6.17 Å². The van der Waals surface area contributed by atoms with Gasteiger partial charge in [-0.05, 0) is 0 Å². The zero-order valence-corrected chi connectivity index (χ0v) is 12.1. The summed E-state index contributed by atoms with van der Waals surface area (Å²) in [5.41, 5.74) is 0. The van der Waals surface area contributed by atoms with Crippen LogP contribution in [0.5, 0.6) is 0 Å². The molecule has 0 fully saturated rings. The highest BCUT2D eigenvalue weighted by molar-refractivity contribution is 5.75. The molecule has 0 aromatic rings. The van der Waals surface area contributed by atoms with Crippen molar-refractivity contribution in [2.24, 2.45) is 0 Å². The summed E-state index contributed by atoms with van der Waals surface area (Å²) in [6, 6.07) is -2.48. The fourth-order valence-corrected chi connectivity index (χ4v) is 1.47. The molecular formula is C12H16F2O8. The normalized spacial score (nSPS) is 15.9. The summed E-state index contributed by atoms with van der Waals surface area (Å²) >= 11 is 0. The molecule has 0 radical (unpaired) electrons.